The van der Waals surface area contributed by atoms with Crippen molar-refractivity contribution >= 4 is 77.6 Å². The van der Waals surface area contributed by atoms with Crippen LogP contribution >= 0.6 is 0 Å². The number of aromatic nitrogens is 2. The Morgan fingerprint density at radius 3 is 0.490 bits per heavy atom. The van der Waals surface area contributed by atoms with E-state index in [9.17, 15) is 26.3 Å². The van der Waals surface area contributed by atoms with E-state index in [0.717, 1.165) is 24.3 Å². The van der Waals surface area contributed by atoms with Crippen molar-refractivity contribution in [3.8, 4) is 45.9 Å². The summed E-state index contributed by atoms with van der Waals surface area (Å²) in [6.07, 6.45) is -11.5. The van der Waals surface area contributed by atoms with Crippen LogP contribution in [0.1, 0.15) is 22.5 Å². The minimum atomic E-state index is -6.09. The Bertz CT molecular complexity index is 4430. The molecule has 2 heterocycles. The molecule has 104 heavy (non-hydrogen) atoms. The van der Waals surface area contributed by atoms with E-state index in [0.29, 0.717) is 12.4 Å². The van der Waals surface area contributed by atoms with Crippen molar-refractivity contribution in [3.63, 3.8) is 0 Å². The van der Waals surface area contributed by atoms with Gasteiger partial charge >= 0.3 is 12.6 Å². The summed E-state index contributed by atoms with van der Waals surface area (Å²) in [5.41, 5.74) is -8.62. The minimum Gasteiger partial charge on any atom is -0.399 e. The zero-order valence-corrected chi connectivity index (χ0v) is 58.9. The fraction of sp³-hybridized carbons (Fsp3) is 0.182. The lowest BCUT2D eigenvalue weighted by Crippen LogP contribution is -2.89. The van der Waals surface area contributed by atoms with Crippen LogP contribution in [0.4, 0.5) is 132 Å². The van der Waals surface area contributed by atoms with Crippen LogP contribution < -0.4 is 41.7 Å². The number of rotatable bonds is 8. The number of hydrogen-bond donors (Lipinski definition) is 0. The summed E-state index contributed by atoms with van der Waals surface area (Å²) in [4.78, 5) is 0. The smallest absolute Gasteiger partial charge is 0.378 e. The second-order valence-electron chi connectivity index (χ2n) is 26.9. The van der Waals surface area contributed by atoms with E-state index in [1.165, 1.54) is 0 Å². The van der Waals surface area contributed by atoms with E-state index in [1.807, 2.05) is 0 Å². The van der Waals surface area contributed by atoms with Gasteiger partial charge in [-0.1, -0.05) is 90.4 Å². The van der Waals surface area contributed by atoms with Crippen molar-refractivity contribution in [2.45, 2.75) is 78.6 Å². The molecule has 2 nitrogen and oxygen atoms in total. The van der Waals surface area contributed by atoms with E-state index in [-0.39, 0.29) is 8.96 Å². The molecule has 0 aliphatic carbocycles. The van der Waals surface area contributed by atoms with Crippen LogP contribution in [-0.2, 0) is 0 Å². The first-order chi connectivity index (χ1) is 47.6. The third-order valence-electron chi connectivity index (χ3n) is 15.1. The molecule has 0 spiro atoms. The average molecular weight is 1570 g/mol. The molecule has 0 fully saturated rings. The van der Waals surface area contributed by atoms with Gasteiger partial charge in [-0.15, -0.1) is 22.2 Å². The maximum absolute atomic E-state index is 16.2. The maximum Gasteiger partial charge on any atom is 0.378 e. The van der Waals surface area contributed by atoms with Gasteiger partial charge in [-0.3, -0.25) is 0 Å². The van der Waals surface area contributed by atoms with Gasteiger partial charge < -0.3 is 8.96 Å². The van der Waals surface area contributed by atoms with Gasteiger partial charge in [0.1, 0.15) is 114 Å². The van der Waals surface area contributed by atoms with Gasteiger partial charge in [0.25, 0.3) is 0 Å². The molecule has 0 N–H and O–H groups in total. The molecule has 0 aliphatic rings. The van der Waals surface area contributed by atoms with Crippen LogP contribution in [0.3, 0.4) is 0 Å². The molecule has 8 rings (SSSR count). The summed E-state index contributed by atoms with van der Waals surface area (Å²) in [5, 5.41) is 0. The first kappa shape index (κ1) is 82.0. The number of pyridine rings is 2. The predicted octanol–water partition coefficient (Wildman–Crippen LogP) is 14.1. The molecule has 0 bridgehead atoms. The number of nitrogens with zero attached hydrogens (tertiary/aromatic N) is 2. The summed E-state index contributed by atoms with van der Waals surface area (Å²) < 4.78 is 462. The lowest BCUT2D eigenvalue weighted by Gasteiger charge is -2.38. The Hall–Kier alpha value is -9.24. The third-order valence-corrected chi connectivity index (χ3v) is 18.6. The topological polar surface area (TPSA) is 7.76 Å². The van der Waals surface area contributed by atoms with Crippen molar-refractivity contribution < 1.29 is 141 Å². The quantitative estimate of drug-likeness (QED) is 0.0471. The summed E-state index contributed by atoms with van der Waals surface area (Å²) in [6.45, 7) is 19.5. The third kappa shape index (κ3) is 14.2. The second-order valence-corrected chi connectivity index (χ2v) is 45.9. The molecule has 548 valence electrons. The summed E-state index contributed by atoms with van der Waals surface area (Å²) in [6, 6.07) is 3.53. The van der Waals surface area contributed by atoms with Gasteiger partial charge in [0.05, 0.1) is 11.1 Å². The summed E-state index contributed by atoms with van der Waals surface area (Å²) in [7, 11) is -10.5. The zero-order valence-electron chi connectivity index (χ0n) is 54.9. The van der Waals surface area contributed by atoms with Crippen LogP contribution in [0, 0.1) is 220 Å². The highest BCUT2D eigenvalue weighted by atomic mass is 28.3. The van der Waals surface area contributed by atoms with Crippen molar-refractivity contribution in [2.75, 3.05) is 0 Å². The van der Waals surface area contributed by atoms with Crippen LogP contribution in [0.25, 0.3) is 0 Å². The van der Waals surface area contributed by atoms with Gasteiger partial charge in [0.15, 0.2) is 105 Å². The molecule has 38 heteroatoms. The van der Waals surface area contributed by atoms with Gasteiger partial charge in [-0.05, 0) is 68.9 Å². The molecule has 0 saturated heterocycles. The SMILES string of the molecule is C[Si](C)(C)C#Cc1ccc[n+]([B-](c2c(F)c(F)c(F)c(F)c2F)(c2c(F)c(F)c(F)c(F)c2F)c2c(F)c(F)c(F)c(F)c2F)c1C#C[Si](C)(C)C.C[Si](C)(C)C#Cc1ccc[n+]([B-](c2c(F)c(F)c(F)c(F)c2F)(c2c(F)c(F)c(F)c(F)c2F)c2c(F)c(F)c(F)c(F)c2F)c1C#C[Si](C)(C)C. The summed E-state index contributed by atoms with van der Waals surface area (Å²) >= 11 is 0. The maximum atomic E-state index is 16.2. The zero-order chi connectivity index (χ0) is 79.1. The molecule has 0 atom stereocenters. The monoisotopic (exact) mass is 1570 g/mol. The highest BCUT2D eigenvalue weighted by molar-refractivity contribution is 7.06. The lowest BCUT2D eigenvalue weighted by molar-refractivity contribution is -0.543. The molecule has 0 radical (unpaired) electrons. The number of hydrogen-bond acceptors (Lipinski definition) is 0. The van der Waals surface area contributed by atoms with Crippen LogP contribution in [-0.4, -0.2) is 44.9 Å². The molecule has 6 aromatic carbocycles. The molecule has 0 aliphatic heterocycles. The Kier molecular flexibility index (Phi) is 22.9. The molecular formula is C66H42B2F30N2Si4. The van der Waals surface area contributed by atoms with Crippen molar-refractivity contribution in [2.24, 2.45) is 0 Å². The highest BCUT2D eigenvalue weighted by Crippen LogP contribution is 2.32. The normalized spacial score (nSPS) is 12.0. The molecule has 0 saturated carbocycles. The van der Waals surface area contributed by atoms with Crippen LogP contribution in [0.15, 0.2) is 36.7 Å². The van der Waals surface area contributed by atoms with Crippen molar-refractivity contribution in [1.29, 1.82) is 0 Å². The second kappa shape index (κ2) is 29.0. The van der Waals surface area contributed by atoms with Crippen LogP contribution in [0.5, 0.6) is 0 Å². The average Bonchev–Trinajstić information content (AvgIpc) is 0.691. The first-order valence-electron chi connectivity index (χ1n) is 29.3. The van der Waals surface area contributed by atoms with E-state index in [4.69, 9.17) is 0 Å². The Morgan fingerprint density at radius 2 is 0.346 bits per heavy atom. The fourth-order valence-corrected chi connectivity index (χ4v) is 12.8. The van der Waals surface area contributed by atoms with Crippen LogP contribution in [0.2, 0.25) is 78.6 Å². The number of halogens is 30. The van der Waals surface area contributed by atoms with Gasteiger partial charge in [-0.2, -0.15) is 0 Å². The predicted molar refractivity (Wildman–Crippen MR) is 332 cm³/mol. The molecule has 2 aromatic heterocycles. The van der Waals surface area contributed by atoms with E-state index in [1.54, 1.807) is 78.6 Å². The highest BCUT2D eigenvalue weighted by Gasteiger charge is 2.60. The van der Waals surface area contributed by atoms with E-state index in [2.05, 4.69) is 45.9 Å². The molecular weight excluding hydrogens is 1520 g/mol. The first-order valence-corrected chi connectivity index (χ1v) is 43.3. The minimum absolute atomic E-state index is 0.143. The summed E-state index contributed by atoms with van der Waals surface area (Å²) in [5.74, 6) is -82.5. The largest absolute Gasteiger partial charge is 0.399 e. The molecule has 0 unspecified atom stereocenters. The lowest BCUT2D eigenvalue weighted by atomic mass is 9.23. The van der Waals surface area contributed by atoms with Gasteiger partial charge in [0, 0.05) is 0 Å². The van der Waals surface area contributed by atoms with Crippen molar-refractivity contribution in [1.82, 2.24) is 0 Å². The Morgan fingerprint density at radius 1 is 0.212 bits per heavy atom. The van der Waals surface area contributed by atoms with Gasteiger partial charge in [0.2, 0.25) is 11.4 Å². The Labute approximate surface area is 574 Å². The van der Waals surface area contributed by atoms with E-state index < -0.39 is 275 Å². The standard InChI is InChI=1S/2C33H21BF15NSi2/c2*1-51(2,3)12-9-14-8-7-11-50(15(14)10-13-52(4,5)6)34(16-19(35)25(41)31(47)26(42)20(16)36,17-21(37)27(43)32(48)28(44)22(17)38)18-23(39)29(45)33(49)30(46)24(18)40/h2*7-8,11H,1-6H3. The fourth-order valence-electron chi connectivity index (χ4n) is 10.8. The molecule has 8 aromatic rings. The molecule has 0 amide bonds. The van der Waals surface area contributed by atoms with Gasteiger partial charge in [-0.25, -0.2) is 132 Å². The van der Waals surface area contributed by atoms with E-state index >= 15 is 105 Å². The van der Waals surface area contributed by atoms with Crippen molar-refractivity contribution in [3.05, 3.63) is 234 Å². The Balaban J connectivity index is 0.000000291. The number of benzene rings is 6.